The maximum absolute atomic E-state index is 5.33. The molecule has 2 aromatic rings. The molecule has 0 radical (unpaired) electrons. The van der Waals surface area contributed by atoms with Crippen LogP contribution in [0.15, 0.2) is 47.1 Å². The normalized spacial score (nSPS) is 12.7. The highest BCUT2D eigenvalue weighted by atomic mass is 16.3. The molecular formula is C13H15NO. The van der Waals surface area contributed by atoms with Crippen molar-refractivity contribution in [2.45, 2.75) is 13.0 Å². The first-order valence-electron chi connectivity index (χ1n) is 5.09. The molecule has 78 valence electrons. The molecular weight excluding hydrogens is 186 g/mol. The van der Waals surface area contributed by atoms with Gasteiger partial charge in [0.25, 0.3) is 0 Å². The van der Waals surface area contributed by atoms with Gasteiger partial charge in [-0.25, -0.2) is 0 Å². The van der Waals surface area contributed by atoms with E-state index in [-0.39, 0.29) is 6.04 Å². The van der Waals surface area contributed by atoms with Gasteiger partial charge in [-0.2, -0.15) is 0 Å². The number of hydrogen-bond donors (Lipinski definition) is 1. The molecule has 15 heavy (non-hydrogen) atoms. The van der Waals surface area contributed by atoms with E-state index >= 15 is 0 Å². The Morgan fingerprint density at radius 2 is 1.87 bits per heavy atom. The van der Waals surface area contributed by atoms with E-state index in [2.05, 4.69) is 29.6 Å². The summed E-state index contributed by atoms with van der Waals surface area (Å²) < 4.78 is 5.33. The van der Waals surface area contributed by atoms with Crippen LogP contribution >= 0.6 is 0 Å². The zero-order valence-corrected chi connectivity index (χ0v) is 9.03. The Bertz CT molecular complexity index is 419. The topological polar surface area (TPSA) is 25.2 Å². The summed E-state index contributed by atoms with van der Waals surface area (Å²) in [5.41, 5.74) is 2.45. The average Bonchev–Trinajstić information content (AvgIpc) is 2.68. The van der Waals surface area contributed by atoms with Gasteiger partial charge in [-0.05, 0) is 25.6 Å². The number of hydrogen-bond acceptors (Lipinski definition) is 2. The molecule has 0 spiro atoms. The quantitative estimate of drug-likeness (QED) is 0.826. The van der Waals surface area contributed by atoms with Crippen molar-refractivity contribution in [2.75, 3.05) is 7.05 Å². The monoisotopic (exact) mass is 201 g/mol. The van der Waals surface area contributed by atoms with E-state index in [0.29, 0.717) is 0 Å². The number of aryl methyl sites for hydroxylation is 1. The van der Waals surface area contributed by atoms with E-state index in [1.54, 1.807) is 6.26 Å². The summed E-state index contributed by atoms with van der Waals surface area (Å²) in [5.74, 6) is 0.971. The number of rotatable bonds is 3. The summed E-state index contributed by atoms with van der Waals surface area (Å²) in [7, 11) is 1.96. The van der Waals surface area contributed by atoms with Crippen molar-refractivity contribution in [2.24, 2.45) is 0 Å². The standard InChI is InChI=1S/C13H15NO/c1-10-12(8-9-15-10)13(14-2)11-6-4-3-5-7-11/h3-9,13-14H,1-2H3. The van der Waals surface area contributed by atoms with Crippen molar-refractivity contribution < 1.29 is 4.42 Å². The van der Waals surface area contributed by atoms with Crippen molar-refractivity contribution in [3.63, 3.8) is 0 Å². The van der Waals surface area contributed by atoms with Gasteiger partial charge in [-0.15, -0.1) is 0 Å². The van der Waals surface area contributed by atoms with Crippen molar-refractivity contribution in [1.29, 1.82) is 0 Å². The summed E-state index contributed by atoms with van der Waals surface area (Å²) in [6, 6.07) is 12.6. The van der Waals surface area contributed by atoms with Crippen molar-refractivity contribution in [3.05, 3.63) is 59.5 Å². The third kappa shape index (κ3) is 1.95. The molecule has 0 aliphatic carbocycles. The first-order chi connectivity index (χ1) is 7.33. The predicted octanol–water partition coefficient (Wildman–Crippen LogP) is 2.90. The first kappa shape index (κ1) is 9.99. The Hall–Kier alpha value is -1.54. The summed E-state index contributed by atoms with van der Waals surface area (Å²) >= 11 is 0. The summed E-state index contributed by atoms with van der Waals surface area (Å²) in [6.45, 7) is 1.99. The van der Waals surface area contributed by atoms with Crippen molar-refractivity contribution >= 4 is 0 Å². The second-order valence-corrected chi connectivity index (χ2v) is 3.56. The highest BCUT2D eigenvalue weighted by Gasteiger charge is 2.15. The number of furan rings is 1. The summed E-state index contributed by atoms with van der Waals surface area (Å²) in [6.07, 6.45) is 1.73. The predicted molar refractivity (Wildman–Crippen MR) is 60.8 cm³/mol. The minimum atomic E-state index is 0.213. The third-order valence-corrected chi connectivity index (χ3v) is 2.63. The van der Waals surface area contributed by atoms with Gasteiger partial charge in [-0.1, -0.05) is 30.3 Å². The van der Waals surface area contributed by atoms with Gasteiger partial charge in [0.2, 0.25) is 0 Å². The van der Waals surface area contributed by atoms with Gasteiger partial charge in [0.05, 0.1) is 12.3 Å². The second kappa shape index (κ2) is 4.32. The fourth-order valence-corrected chi connectivity index (χ4v) is 1.84. The van der Waals surface area contributed by atoms with E-state index in [0.717, 1.165) is 5.76 Å². The summed E-state index contributed by atoms with van der Waals surface area (Å²) in [4.78, 5) is 0. The molecule has 0 aliphatic heterocycles. The van der Waals surface area contributed by atoms with Gasteiger partial charge in [0.15, 0.2) is 0 Å². The smallest absolute Gasteiger partial charge is 0.105 e. The molecule has 1 N–H and O–H groups in total. The molecule has 2 nitrogen and oxygen atoms in total. The van der Waals surface area contributed by atoms with Gasteiger partial charge in [0, 0.05) is 5.56 Å². The molecule has 2 heteroatoms. The molecule has 0 aliphatic rings. The van der Waals surface area contributed by atoms with Crippen LogP contribution in [0.25, 0.3) is 0 Å². The van der Waals surface area contributed by atoms with E-state index in [9.17, 15) is 0 Å². The van der Waals surface area contributed by atoms with Gasteiger partial charge in [0.1, 0.15) is 5.76 Å². The maximum Gasteiger partial charge on any atom is 0.105 e. The average molecular weight is 201 g/mol. The maximum atomic E-state index is 5.33. The van der Waals surface area contributed by atoms with Gasteiger partial charge < -0.3 is 9.73 Å². The lowest BCUT2D eigenvalue weighted by Gasteiger charge is -2.15. The largest absolute Gasteiger partial charge is 0.469 e. The molecule has 0 fully saturated rings. The van der Waals surface area contributed by atoms with E-state index in [1.165, 1.54) is 11.1 Å². The fourth-order valence-electron chi connectivity index (χ4n) is 1.84. The van der Waals surface area contributed by atoms with Crippen molar-refractivity contribution in [3.8, 4) is 0 Å². The molecule has 1 aromatic heterocycles. The van der Waals surface area contributed by atoms with Crippen LogP contribution in [0.5, 0.6) is 0 Å². The van der Waals surface area contributed by atoms with Crippen LogP contribution in [0, 0.1) is 6.92 Å². The van der Waals surface area contributed by atoms with Crippen LogP contribution in [0.4, 0.5) is 0 Å². The highest BCUT2D eigenvalue weighted by molar-refractivity contribution is 5.32. The van der Waals surface area contributed by atoms with Crippen LogP contribution in [0.1, 0.15) is 22.9 Å². The number of benzene rings is 1. The van der Waals surface area contributed by atoms with Gasteiger partial charge in [-0.3, -0.25) is 0 Å². The molecule has 2 rings (SSSR count). The van der Waals surface area contributed by atoms with Crippen LogP contribution in [-0.4, -0.2) is 7.05 Å². The van der Waals surface area contributed by atoms with Gasteiger partial charge >= 0.3 is 0 Å². The minimum Gasteiger partial charge on any atom is -0.469 e. The second-order valence-electron chi connectivity index (χ2n) is 3.56. The molecule has 1 heterocycles. The Labute approximate surface area is 89.9 Å². The van der Waals surface area contributed by atoms with E-state index in [4.69, 9.17) is 4.42 Å². The van der Waals surface area contributed by atoms with Crippen LogP contribution < -0.4 is 5.32 Å². The first-order valence-corrected chi connectivity index (χ1v) is 5.09. The third-order valence-electron chi connectivity index (χ3n) is 2.63. The van der Waals surface area contributed by atoms with E-state index in [1.807, 2.05) is 26.1 Å². The number of nitrogens with one attached hydrogen (secondary N) is 1. The van der Waals surface area contributed by atoms with Crippen LogP contribution in [0.3, 0.4) is 0 Å². The molecule has 1 atom stereocenters. The molecule has 1 aromatic carbocycles. The molecule has 0 amide bonds. The molecule has 0 saturated carbocycles. The Kier molecular flexibility index (Phi) is 2.88. The Balaban J connectivity index is 2.37. The SMILES string of the molecule is CNC(c1ccccc1)c1ccoc1C. The zero-order valence-electron chi connectivity index (χ0n) is 9.03. The Morgan fingerprint density at radius 1 is 1.13 bits per heavy atom. The zero-order chi connectivity index (χ0) is 10.7. The van der Waals surface area contributed by atoms with Crippen molar-refractivity contribution in [1.82, 2.24) is 5.32 Å². The lowest BCUT2D eigenvalue weighted by atomic mass is 10.00. The van der Waals surface area contributed by atoms with Crippen LogP contribution in [-0.2, 0) is 0 Å². The van der Waals surface area contributed by atoms with E-state index < -0.39 is 0 Å². The Morgan fingerprint density at radius 3 is 2.40 bits per heavy atom. The lowest BCUT2D eigenvalue weighted by molar-refractivity contribution is 0.523. The minimum absolute atomic E-state index is 0.213. The fraction of sp³-hybridized carbons (Fsp3) is 0.231. The molecule has 0 bridgehead atoms. The molecule has 0 saturated heterocycles. The van der Waals surface area contributed by atoms with Crippen LogP contribution in [0.2, 0.25) is 0 Å². The highest BCUT2D eigenvalue weighted by Crippen LogP contribution is 2.24. The lowest BCUT2D eigenvalue weighted by Crippen LogP contribution is -2.17. The molecule has 1 unspecified atom stereocenters. The summed E-state index contributed by atoms with van der Waals surface area (Å²) in [5, 5.41) is 3.30.